The maximum Gasteiger partial charge on any atom is 0.257 e. The second kappa shape index (κ2) is 7.98. The van der Waals surface area contributed by atoms with Gasteiger partial charge in [0.15, 0.2) is 0 Å². The van der Waals surface area contributed by atoms with Gasteiger partial charge >= 0.3 is 0 Å². The highest BCUT2D eigenvalue weighted by Gasteiger charge is 2.27. The Hall–Kier alpha value is -1.62. The monoisotopic (exact) mass is 291 g/mol. The topological polar surface area (TPSA) is 65.5 Å². The summed E-state index contributed by atoms with van der Waals surface area (Å²) >= 11 is 0. The number of likely N-dealkylation sites (tertiary alicyclic amines) is 1. The van der Waals surface area contributed by atoms with Gasteiger partial charge in [-0.05, 0) is 31.4 Å². The molecule has 0 spiro atoms. The van der Waals surface area contributed by atoms with Crippen molar-refractivity contribution in [3.05, 3.63) is 23.9 Å². The molecule has 0 radical (unpaired) electrons. The summed E-state index contributed by atoms with van der Waals surface area (Å²) in [6.45, 7) is 3.62. The van der Waals surface area contributed by atoms with E-state index in [-0.39, 0.29) is 18.6 Å². The van der Waals surface area contributed by atoms with Crippen molar-refractivity contribution in [3.8, 4) is 0 Å². The molecule has 2 rings (SSSR count). The molecule has 2 N–H and O–H groups in total. The van der Waals surface area contributed by atoms with Crippen molar-refractivity contribution in [2.45, 2.75) is 45.1 Å². The molecule has 1 aromatic rings. The third-order valence-corrected chi connectivity index (χ3v) is 3.93. The Morgan fingerprint density at radius 1 is 1.48 bits per heavy atom. The summed E-state index contributed by atoms with van der Waals surface area (Å²) < 4.78 is 0. The second-order valence-electron chi connectivity index (χ2n) is 5.51. The quantitative estimate of drug-likeness (QED) is 0.873. The Labute approximate surface area is 126 Å². The largest absolute Gasteiger partial charge is 0.394 e. The lowest BCUT2D eigenvalue weighted by Crippen LogP contribution is -2.42. The van der Waals surface area contributed by atoms with Crippen molar-refractivity contribution < 1.29 is 9.90 Å². The van der Waals surface area contributed by atoms with Gasteiger partial charge in [-0.3, -0.25) is 4.79 Å². The van der Waals surface area contributed by atoms with E-state index in [1.807, 2.05) is 11.0 Å². The first-order chi connectivity index (χ1) is 10.3. The highest BCUT2D eigenvalue weighted by molar-refractivity contribution is 5.98. The molecular weight excluding hydrogens is 266 g/mol. The number of hydrogen-bond donors (Lipinski definition) is 2. The number of hydrogen-bond acceptors (Lipinski definition) is 4. The molecule has 1 saturated heterocycles. The van der Waals surface area contributed by atoms with E-state index in [1.54, 1.807) is 12.3 Å². The zero-order valence-electron chi connectivity index (χ0n) is 12.7. The van der Waals surface area contributed by atoms with E-state index in [0.717, 1.165) is 38.6 Å². The molecule has 1 aliphatic heterocycles. The van der Waals surface area contributed by atoms with Crippen molar-refractivity contribution in [2.75, 3.05) is 25.0 Å². The Morgan fingerprint density at radius 3 is 3.10 bits per heavy atom. The summed E-state index contributed by atoms with van der Waals surface area (Å²) in [7, 11) is 0. The molecule has 5 nitrogen and oxygen atoms in total. The molecular formula is C16H25N3O2. The summed E-state index contributed by atoms with van der Waals surface area (Å²) in [6.07, 6.45) is 6.74. The van der Waals surface area contributed by atoms with Gasteiger partial charge < -0.3 is 15.3 Å². The molecule has 21 heavy (non-hydrogen) atoms. The first-order valence-electron chi connectivity index (χ1n) is 7.88. The lowest BCUT2D eigenvalue weighted by Gasteiger charge is -2.29. The van der Waals surface area contributed by atoms with Crippen LogP contribution in [0.2, 0.25) is 0 Å². The van der Waals surface area contributed by atoms with Gasteiger partial charge in [0.2, 0.25) is 0 Å². The van der Waals surface area contributed by atoms with Gasteiger partial charge in [-0.25, -0.2) is 4.98 Å². The SMILES string of the molecule is CCCNc1ncccc1C(=O)N1CCCCCC1CO. The molecule has 1 aliphatic rings. The summed E-state index contributed by atoms with van der Waals surface area (Å²) in [5, 5.41) is 12.8. The lowest BCUT2D eigenvalue weighted by atomic mass is 10.1. The van der Waals surface area contributed by atoms with Crippen LogP contribution in [-0.2, 0) is 0 Å². The van der Waals surface area contributed by atoms with E-state index < -0.39 is 0 Å². The van der Waals surface area contributed by atoms with Crippen LogP contribution in [0.3, 0.4) is 0 Å². The maximum atomic E-state index is 12.8. The first-order valence-corrected chi connectivity index (χ1v) is 7.88. The minimum absolute atomic E-state index is 0.0253. The predicted octanol–water partition coefficient (Wildman–Crippen LogP) is 2.28. The van der Waals surface area contributed by atoms with Crippen molar-refractivity contribution in [3.63, 3.8) is 0 Å². The third kappa shape index (κ3) is 3.94. The lowest BCUT2D eigenvalue weighted by molar-refractivity contribution is 0.0600. The average molecular weight is 291 g/mol. The number of amides is 1. The number of pyridine rings is 1. The number of carbonyl (C=O) groups excluding carboxylic acids is 1. The molecule has 0 saturated carbocycles. The van der Waals surface area contributed by atoms with Crippen LogP contribution in [0.25, 0.3) is 0 Å². The van der Waals surface area contributed by atoms with Gasteiger partial charge in [-0.15, -0.1) is 0 Å². The Kier molecular flexibility index (Phi) is 5.99. The number of rotatable bonds is 5. The normalized spacial score (nSPS) is 19.1. The number of carbonyl (C=O) groups is 1. The third-order valence-electron chi connectivity index (χ3n) is 3.93. The molecule has 1 fully saturated rings. The fourth-order valence-corrected chi connectivity index (χ4v) is 2.75. The second-order valence-corrected chi connectivity index (χ2v) is 5.51. The van der Waals surface area contributed by atoms with Crippen LogP contribution in [-0.4, -0.2) is 46.6 Å². The van der Waals surface area contributed by atoms with E-state index >= 15 is 0 Å². The van der Waals surface area contributed by atoms with Gasteiger partial charge in [0.1, 0.15) is 5.82 Å². The Balaban J connectivity index is 2.21. The summed E-state index contributed by atoms with van der Waals surface area (Å²) in [4.78, 5) is 18.9. The molecule has 5 heteroatoms. The maximum absolute atomic E-state index is 12.8. The molecule has 1 aromatic heterocycles. The van der Waals surface area contributed by atoms with Crippen LogP contribution in [0.5, 0.6) is 0 Å². The van der Waals surface area contributed by atoms with Crippen LogP contribution in [0, 0.1) is 0 Å². The van der Waals surface area contributed by atoms with E-state index in [0.29, 0.717) is 17.9 Å². The highest BCUT2D eigenvalue weighted by atomic mass is 16.3. The number of aliphatic hydroxyl groups excluding tert-OH is 1. The van der Waals surface area contributed by atoms with Crippen molar-refractivity contribution >= 4 is 11.7 Å². The molecule has 116 valence electrons. The molecule has 1 atom stereocenters. The Morgan fingerprint density at radius 2 is 2.33 bits per heavy atom. The summed E-state index contributed by atoms with van der Waals surface area (Å²) in [5.41, 5.74) is 0.603. The fourth-order valence-electron chi connectivity index (χ4n) is 2.75. The smallest absolute Gasteiger partial charge is 0.257 e. The number of aliphatic hydroxyl groups is 1. The fraction of sp³-hybridized carbons (Fsp3) is 0.625. The van der Waals surface area contributed by atoms with Crippen molar-refractivity contribution in [2.24, 2.45) is 0 Å². The minimum atomic E-state index is -0.0702. The van der Waals surface area contributed by atoms with Crippen molar-refractivity contribution in [1.29, 1.82) is 0 Å². The molecule has 0 bridgehead atoms. The van der Waals surface area contributed by atoms with Gasteiger partial charge in [0, 0.05) is 19.3 Å². The van der Waals surface area contributed by atoms with Crippen LogP contribution >= 0.6 is 0 Å². The zero-order chi connectivity index (χ0) is 15.1. The summed E-state index contributed by atoms with van der Waals surface area (Å²) in [5.74, 6) is 0.618. The van der Waals surface area contributed by atoms with Gasteiger partial charge in [0.25, 0.3) is 5.91 Å². The standard InChI is InChI=1S/C16H25N3O2/c1-2-9-17-15-14(8-6-10-18-15)16(21)19-11-5-3-4-7-13(19)12-20/h6,8,10,13,20H,2-5,7,9,11-12H2,1H3,(H,17,18). The zero-order valence-corrected chi connectivity index (χ0v) is 12.7. The number of nitrogens with zero attached hydrogens (tertiary/aromatic N) is 2. The molecule has 2 heterocycles. The summed E-state index contributed by atoms with van der Waals surface area (Å²) in [6, 6.07) is 3.53. The number of anilines is 1. The van der Waals surface area contributed by atoms with Crippen molar-refractivity contribution in [1.82, 2.24) is 9.88 Å². The van der Waals surface area contributed by atoms with E-state index in [2.05, 4.69) is 17.2 Å². The Bertz CT molecular complexity index is 465. The predicted molar refractivity (Wildman–Crippen MR) is 83.4 cm³/mol. The highest BCUT2D eigenvalue weighted by Crippen LogP contribution is 2.21. The van der Waals surface area contributed by atoms with Crippen LogP contribution in [0.1, 0.15) is 49.4 Å². The minimum Gasteiger partial charge on any atom is -0.394 e. The number of aromatic nitrogens is 1. The van der Waals surface area contributed by atoms with E-state index in [4.69, 9.17) is 0 Å². The molecule has 0 aromatic carbocycles. The van der Waals surface area contributed by atoms with E-state index in [1.165, 1.54) is 0 Å². The van der Waals surface area contributed by atoms with Gasteiger partial charge in [0.05, 0.1) is 18.2 Å². The average Bonchev–Trinajstić information content (AvgIpc) is 2.77. The molecule has 0 aliphatic carbocycles. The van der Waals surface area contributed by atoms with Crippen LogP contribution in [0.15, 0.2) is 18.3 Å². The molecule has 1 unspecified atom stereocenters. The van der Waals surface area contributed by atoms with Gasteiger partial charge in [-0.2, -0.15) is 0 Å². The first kappa shape index (κ1) is 15.8. The number of nitrogens with one attached hydrogen (secondary N) is 1. The van der Waals surface area contributed by atoms with Crippen LogP contribution < -0.4 is 5.32 Å². The molecule has 1 amide bonds. The van der Waals surface area contributed by atoms with Gasteiger partial charge in [-0.1, -0.05) is 19.8 Å². The van der Waals surface area contributed by atoms with E-state index in [9.17, 15) is 9.90 Å². The van der Waals surface area contributed by atoms with Crippen LogP contribution in [0.4, 0.5) is 5.82 Å².